The molecule has 0 unspecified atom stereocenters. The molecule has 1 aromatic heterocycles. The maximum atomic E-state index is 6.03. The molecular formula is C14H20NOSSi+. The second kappa shape index (κ2) is 6.07. The molecule has 0 radical (unpaired) electrons. The number of hydrogen-bond acceptors (Lipinski definition) is 3. The highest BCUT2D eigenvalue weighted by Crippen LogP contribution is 2.29. The van der Waals surface area contributed by atoms with Gasteiger partial charge in [-0.15, -0.1) is 11.3 Å². The first kappa shape index (κ1) is 13.2. The lowest BCUT2D eigenvalue weighted by Gasteiger charge is -2.17. The molecule has 0 aliphatic carbocycles. The van der Waals surface area contributed by atoms with Crippen LogP contribution in [0.15, 0.2) is 35.7 Å². The Morgan fingerprint density at radius 2 is 2.11 bits per heavy atom. The molecule has 0 bridgehead atoms. The third-order valence-corrected chi connectivity index (χ3v) is 4.18. The smallest absolute Gasteiger partial charge is 0.545 e. The summed E-state index contributed by atoms with van der Waals surface area (Å²) in [5.41, 5.74) is 2.30. The van der Waals surface area contributed by atoms with Crippen LogP contribution in [0, 0.1) is 6.92 Å². The minimum Gasteiger partial charge on any atom is -0.545 e. The van der Waals surface area contributed by atoms with E-state index >= 15 is 0 Å². The number of para-hydroxylation sites is 1. The van der Waals surface area contributed by atoms with Gasteiger partial charge < -0.3 is 9.74 Å². The Morgan fingerprint density at radius 3 is 2.78 bits per heavy atom. The van der Waals surface area contributed by atoms with Crippen molar-refractivity contribution in [3.05, 3.63) is 46.2 Å². The van der Waals surface area contributed by atoms with E-state index in [4.69, 9.17) is 4.43 Å². The highest BCUT2D eigenvalue weighted by Gasteiger charge is 2.08. The standard InChI is InChI=1S/C14H19NOSSi/c1-11-6-4-8-13(14(11)16-18(2)3)15-10-12-7-5-9-17-12/h4-9,15,18H,10H2,1-3H3/p+1. The van der Waals surface area contributed by atoms with E-state index in [1.807, 2.05) is 0 Å². The normalized spacial score (nSPS) is 10.7. The van der Waals surface area contributed by atoms with Crippen molar-refractivity contribution in [3.63, 3.8) is 0 Å². The van der Waals surface area contributed by atoms with Gasteiger partial charge in [0.15, 0.2) is 0 Å². The number of benzene rings is 1. The van der Waals surface area contributed by atoms with Crippen molar-refractivity contribution in [1.29, 1.82) is 0 Å². The summed E-state index contributed by atoms with van der Waals surface area (Å²) in [5, 5.41) is 5.57. The van der Waals surface area contributed by atoms with Gasteiger partial charge in [-0.25, -0.2) is 0 Å². The summed E-state index contributed by atoms with van der Waals surface area (Å²) in [6.45, 7) is 7.34. The first-order valence-corrected chi connectivity index (χ1v) is 9.85. The lowest BCUT2D eigenvalue weighted by molar-refractivity contribution is 0.577. The summed E-state index contributed by atoms with van der Waals surface area (Å²) in [7, 11) is -1.08. The highest BCUT2D eigenvalue weighted by atomic mass is 32.1. The summed E-state index contributed by atoms with van der Waals surface area (Å²) >= 11 is 1.77. The number of nitrogens with one attached hydrogen (secondary N) is 1. The van der Waals surface area contributed by atoms with E-state index in [0.29, 0.717) is 0 Å². The van der Waals surface area contributed by atoms with Crippen LogP contribution >= 0.6 is 11.3 Å². The van der Waals surface area contributed by atoms with Crippen molar-refractivity contribution in [2.45, 2.75) is 26.6 Å². The molecule has 0 saturated heterocycles. The van der Waals surface area contributed by atoms with Gasteiger partial charge in [-0.1, -0.05) is 18.2 Å². The van der Waals surface area contributed by atoms with Crippen LogP contribution in [-0.2, 0) is 6.54 Å². The number of hydrogen-bond donors (Lipinski definition) is 1. The third kappa shape index (κ3) is 3.37. The van der Waals surface area contributed by atoms with Crippen molar-refractivity contribution < 1.29 is 5.85 Å². The van der Waals surface area contributed by atoms with Crippen LogP contribution in [0.25, 0.3) is 0 Å². The van der Waals surface area contributed by atoms with Gasteiger partial charge >= 0.3 is 1.43 Å². The summed E-state index contributed by atoms with van der Waals surface area (Å²) in [5.74, 6) is 1.02. The van der Waals surface area contributed by atoms with E-state index in [0.717, 1.165) is 18.0 Å². The van der Waals surface area contributed by atoms with E-state index in [2.05, 4.69) is 61.0 Å². The molecule has 2 nitrogen and oxygen atoms in total. The average molecular weight is 278 g/mol. The van der Waals surface area contributed by atoms with Gasteiger partial charge in [0.05, 0.1) is 5.69 Å². The minimum absolute atomic E-state index is 0. The van der Waals surface area contributed by atoms with Crippen LogP contribution in [-0.4, -0.2) is 9.04 Å². The zero-order valence-electron chi connectivity index (χ0n) is 12.1. The number of anilines is 1. The van der Waals surface area contributed by atoms with Gasteiger partial charge in [-0.3, -0.25) is 0 Å². The molecule has 1 N–H and O–H groups in total. The molecule has 1 aromatic carbocycles. The monoisotopic (exact) mass is 278 g/mol. The molecule has 96 valence electrons. The van der Waals surface area contributed by atoms with Crippen LogP contribution in [0.3, 0.4) is 0 Å². The van der Waals surface area contributed by atoms with E-state index < -0.39 is 9.04 Å². The first-order chi connectivity index (χ1) is 8.66. The van der Waals surface area contributed by atoms with E-state index in [-0.39, 0.29) is 1.43 Å². The number of thiophene rings is 1. The van der Waals surface area contributed by atoms with Gasteiger partial charge in [-0.2, -0.15) is 0 Å². The second-order valence-corrected chi connectivity index (χ2v) is 7.92. The fourth-order valence-corrected chi connectivity index (χ4v) is 3.21. The molecule has 0 fully saturated rings. The van der Waals surface area contributed by atoms with Crippen LogP contribution < -0.4 is 9.74 Å². The lowest BCUT2D eigenvalue weighted by atomic mass is 10.2. The van der Waals surface area contributed by atoms with Crippen molar-refractivity contribution in [1.82, 2.24) is 0 Å². The van der Waals surface area contributed by atoms with Gasteiger partial charge in [0, 0.05) is 11.4 Å². The largest absolute Gasteiger partial charge is 1.00 e. The molecule has 4 heteroatoms. The SMILES string of the molecule is Cc1cccc(NCc2cccs2)c1O[SiH](C)C.[H+]. The van der Waals surface area contributed by atoms with Crippen molar-refractivity contribution in [2.75, 3.05) is 5.32 Å². The molecule has 2 aromatic rings. The first-order valence-electron chi connectivity index (χ1n) is 6.19. The molecule has 0 spiro atoms. The molecular weight excluding hydrogens is 258 g/mol. The summed E-state index contributed by atoms with van der Waals surface area (Å²) in [6.07, 6.45) is 0. The molecule has 2 rings (SSSR count). The molecule has 0 amide bonds. The zero-order chi connectivity index (χ0) is 13.0. The van der Waals surface area contributed by atoms with E-state index in [1.165, 1.54) is 10.4 Å². The predicted octanol–water partition coefficient (Wildman–Crippen LogP) is 4.14. The predicted molar refractivity (Wildman–Crippen MR) is 83.4 cm³/mol. The van der Waals surface area contributed by atoms with Crippen LogP contribution in [0.2, 0.25) is 13.1 Å². The summed E-state index contributed by atoms with van der Waals surface area (Å²) < 4.78 is 6.03. The molecule has 1 heterocycles. The maximum absolute atomic E-state index is 6.03. The van der Waals surface area contributed by atoms with Gasteiger partial charge in [0.2, 0.25) is 9.04 Å². The average Bonchev–Trinajstić information content (AvgIpc) is 2.82. The second-order valence-electron chi connectivity index (χ2n) is 4.55. The van der Waals surface area contributed by atoms with Crippen molar-refractivity contribution in [3.8, 4) is 5.75 Å². The topological polar surface area (TPSA) is 21.3 Å². The maximum Gasteiger partial charge on any atom is 1.00 e. The van der Waals surface area contributed by atoms with Gasteiger partial charge in [0.25, 0.3) is 0 Å². The fourth-order valence-electron chi connectivity index (χ4n) is 1.78. The minimum atomic E-state index is -1.08. The van der Waals surface area contributed by atoms with Crippen LogP contribution in [0.1, 0.15) is 11.9 Å². The Hall–Kier alpha value is -1.26. The summed E-state index contributed by atoms with van der Waals surface area (Å²) in [4.78, 5) is 1.34. The van der Waals surface area contributed by atoms with Crippen molar-refractivity contribution >= 4 is 26.1 Å². The highest BCUT2D eigenvalue weighted by molar-refractivity contribution is 7.09. The Labute approximate surface area is 116 Å². The third-order valence-electron chi connectivity index (χ3n) is 2.60. The fraction of sp³-hybridized carbons (Fsp3) is 0.286. The Morgan fingerprint density at radius 1 is 1.28 bits per heavy atom. The molecule has 0 atom stereocenters. The summed E-state index contributed by atoms with van der Waals surface area (Å²) in [6, 6.07) is 10.5. The lowest BCUT2D eigenvalue weighted by Crippen LogP contribution is -2.13. The quantitative estimate of drug-likeness (QED) is 0.830. The Balaban J connectivity index is 0.00000180. The molecule has 0 aliphatic heterocycles. The Kier molecular flexibility index (Phi) is 4.44. The Bertz CT molecular complexity index is 502. The molecule has 18 heavy (non-hydrogen) atoms. The van der Waals surface area contributed by atoms with Crippen molar-refractivity contribution in [2.24, 2.45) is 0 Å². The van der Waals surface area contributed by atoms with Gasteiger partial charge in [-0.05, 0) is 43.1 Å². The van der Waals surface area contributed by atoms with Crippen LogP contribution in [0.5, 0.6) is 5.75 Å². The van der Waals surface area contributed by atoms with E-state index in [1.54, 1.807) is 11.3 Å². The molecule has 0 aliphatic rings. The number of rotatable bonds is 5. The molecule has 0 saturated carbocycles. The number of aryl methyl sites for hydroxylation is 1. The van der Waals surface area contributed by atoms with Crippen LogP contribution in [0.4, 0.5) is 5.69 Å². The van der Waals surface area contributed by atoms with Gasteiger partial charge in [0.1, 0.15) is 5.75 Å². The zero-order valence-corrected chi connectivity index (χ0v) is 13.0. The van der Waals surface area contributed by atoms with E-state index in [9.17, 15) is 0 Å².